The quantitative estimate of drug-likeness (QED) is 0.567. The lowest BCUT2D eigenvalue weighted by Crippen LogP contribution is -2.20. The fraction of sp³-hybridized carbons (Fsp3) is 0.800. The Balaban J connectivity index is 3.51. The second-order valence-electron chi connectivity index (χ2n) is 1.61. The Bertz CT molecular complexity index is 72.8. The zero-order chi connectivity index (χ0) is 6.57. The first-order valence-electron chi connectivity index (χ1n) is 2.52. The minimum atomic E-state index is -0.720. The van der Waals surface area contributed by atoms with Crippen LogP contribution in [0, 0.1) is 6.92 Å². The molecule has 0 aliphatic carbocycles. The van der Waals surface area contributed by atoms with Gasteiger partial charge in [-0.25, -0.2) is 0 Å². The predicted molar refractivity (Wildman–Crippen MR) is 33.5 cm³/mol. The molecule has 2 unspecified atom stereocenters. The summed E-state index contributed by atoms with van der Waals surface area (Å²) in [4.78, 5) is 0. The normalized spacial score (nSPS) is 17.4. The molecule has 0 spiro atoms. The lowest BCUT2D eigenvalue weighted by atomic mass is 10.2. The van der Waals surface area contributed by atoms with Crippen molar-refractivity contribution < 1.29 is 9.32 Å². The highest BCUT2D eigenvalue weighted by atomic mass is 32.1. The van der Waals surface area contributed by atoms with Gasteiger partial charge in [0.1, 0.15) is 6.10 Å². The molecule has 0 amide bonds. The largest absolute Gasteiger partial charge is 0.464 e. The second-order valence-corrected chi connectivity index (χ2v) is 2.41. The summed E-state index contributed by atoms with van der Waals surface area (Å²) in [6.45, 7) is 5.17. The Morgan fingerprint density at radius 1 is 1.88 bits per heavy atom. The molecule has 1 N–H and O–H groups in total. The third kappa shape index (κ3) is 2.33. The molecule has 0 saturated heterocycles. The van der Waals surface area contributed by atoms with Crippen molar-refractivity contribution >= 4 is 11.7 Å². The highest BCUT2D eigenvalue weighted by Crippen LogP contribution is 1.98. The lowest BCUT2D eigenvalue weighted by Gasteiger charge is -1.96. The minimum absolute atomic E-state index is 0.241. The van der Waals surface area contributed by atoms with Crippen LogP contribution in [0.25, 0.3) is 0 Å². The van der Waals surface area contributed by atoms with Crippen LogP contribution in [0.2, 0.25) is 0 Å². The molecule has 2 atom stereocenters. The average molecular weight is 134 g/mol. The van der Waals surface area contributed by atoms with Crippen LogP contribution in [0.15, 0.2) is 0 Å². The maximum Gasteiger partial charge on any atom is 0.464 e. The van der Waals surface area contributed by atoms with Crippen LogP contribution in [0.4, 0.5) is 0 Å². The summed E-state index contributed by atoms with van der Waals surface area (Å²) in [5.74, 6) is 0. The monoisotopic (exact) mass is 134 g/mol. The van der Waals surface area contributed by atoms with E-state index in [2.05, 4.69) is 6.92 Å². The molecule has 0 aliphatic heterocycles. The van der Waals surface area contributed by atoms with Crippen LogP contribution >= 0.6 is 0 Å². The maximum atomic E-state index is 10.0. The molecule has 0 aromatic carbocycles. The van der Waals surface area contributed by atoms with E-state index in [1.165, 1.54) is 0 Å². The predicted octanol–water partition coefficient (Wildman–Crippen LogP) is 0.388. The molecule has 8 heavy (non-hydrogen) atoms. The summed E-state index contributed by atoms with van der Waals surface area (Å²) >= 11 is 0.416. The van der Waals surface area contributed by atoms with E-state index in [-0.39, 0.29) is 5.25 Å². The molecule has 0 aromatic rings. The van der Waals surface area contributed by atoms with Gasteiger partial charge < -0.3 is 5.11 Å². The first-order chi connectivity index (χ1) is 3.72. The molecule has 0 heterocycles. The molecule has 2 nitrogen and oxygen atoms in total. The summed E-state index contributed by atoms with van der Waals surface area (Å²) in [5.41, 5.74) is 0. The zero-order valence-corrected chi connectivity index (χ0v) is 5.65. The molecule has 0 fully saturated rings. The molecule has 47 valence electrons. The Morgan fingerprint density at radius 2 is 2.38 bits per heavy atom. The van der Waals surface area contributed by atoms with E-state index in [4.69, 9.17) is 5.11 Å². The fourth-order valence-corrected chi connectivity index (χ4v) is 0.669. The third-order valence-electron chi connectivity index (χ3n) is 0.955. The SMILES string of the molecule is [CH2]C(O)C(CC)[S+]=O. The van der Waals surface area contributed by atoms with E-state index >= 15 is 0 Å². The van der Waals surface area contributed by atoms with Crippen molar-refractivity contribution in [2.24, 2.45) is 0 Å². The van der Waals surface area contributed by atoms with Gasteiger partial charge >= 0.3 is 11.7 Å². The van der Waals surface area contributed by atoms with Crippen molar-refractivity contribution in [1.82, 2.24) is 0 Å². The van der Waals surface area contributed by atoms with E-state index < -0.39 is 6.10 Å². The average Bonchev–Trinajstić information content (AvgIpc) is 1.69. The van der Waals surface area contributed by atoms with Crippen molar-refractivity contribution in [2.75, 3.05) is 0 Å². The molecular weight excluding hydrogens is 124 g/mol. The van der Waals surface area contributed by atoms with Gasteiger partial charge in [-0.05, 0) is 6.92 Å². The Morgan fingerprint density at radius 3 is 2.38 bits per heavy atom. The van der Waals surface area contributed by atoms with Crippen LogP contribution in [0.5, 0.6) is 0 Å². The maximum absolute atomic E-state index is 10.0. The van der Waals surface area contributed by atoms with Gasteiger partial charge in [-0.2, -0.15) is 0 Å². The van der Waals surface area contributed by atoms with Gasteiger partial charge in [0.15, 0.2) is 0 Å². The number of rotatable bonds is 3. The molecule has 0 aromatic heterocycles. The molecular formula is C5H10O2S+. The second kappa shape index (κ2) is 3.92. The zero-order valence-electron chi connectivity index (χ0n) is 4.83. The topological polar surface area (TPSA) is 37.3 Å². The summed E-state index contributed by atoms with van der Waals surface area (Å²) in [5, 5.41) is 8.44. The van der Waals surface area contributed by atoms with Crippen molar-refractivity contribution in [3.63, 3.8) is 0 Å². The minimum Gasteiger partial charge on any atom is -0.387 e. The van der Waals surface area contributed by atoms with Crippen molar-refractivity contribution in [3.05, 3.63) is 6.92 Å². The summed E-state index contributed by atoms with van der Waals surface area (Å²) in [7, 11) is 0. The van der Waals surface area contributed by atoms with Gasteiger partial charge in [0.25, 0.3) is 5.25 Å². The first-order valence-corrected chi connectivity index (χ1v) is 3.32. The molecule has 1 radical (unpaired) electrons. The van der Waals surface area contributed by atoms with Crippen molar-refractivity contribution in [3.8, 4) is 0 Å². The smallest absolute Gasteiger partial charge is 0.387 e. The van der Waals surface area contributed by atoms with Crippen LogP contribution in [-0.4, -0.2) is 16.5 Å². The molecule has 0 bridgehead atoms. The summed E-state index contributed by atoms with van der Waals surface area (Å²) in [6, 6.07) is 0. The Hall–Kier alpha value is -0.0200. The standard InChI is InChI=1S/C5H10O2S/c1-3-5(8-7)4(2)6/h4-6H,2-3H2,1H3/q+1. The highest BCUT2D eigenvalue weighted by molar-refractivity contribution is 7.66. The van der Waals surface area contributed by atoms with Crippen molar-refractivity contribution in [1.29, 1.82) is 0 Å². The molecule has 0 saturated carbocycles. The van der Waals surface area contributed by atoms with E-state index in [0.717, 1.165) is 0 Å². The lowest BCUT2D eigenvalue weighted by molar-refractivity contribution is 0.214. The molecule has 0 rings (SSSR count). The molecule has 0 aliphatic rings. The Labute approximate surface area is 53.4 Å². The first kappa shape index (κ1) is 7.98. The van der Waals surface area contributed by atoms with Crippen LogP contribution in [0.3, 0.4) is 0 Å². The van der Waals surface area contributed by atoms with E-state index in [1.54, 1.807) is 0 Å². The number of hydrogen-bond acceptors (Lipinski definition) is 2. The van der Waals surface area contributed by atoms with Gasteiger partial charge in [-0.15, -0.1) is 0 Å². The highest BCUT2D eigenvalue weighted by Gasteiger charge is 2.24. The van der Waals surface area contributed by atoms with Gasteiger partial charge in [0, 0.05) is 10.6 Å². The van der Waals surface area contributed by atoms with E-state index in [9.17, 15) is 4.21 Å². The number of aliphatic hydroxyl groups is 1. The number of hydrogen-bond donors (Lipinski definition) is 1. The van der Waals surface area contributed by atoms with E-state index in [0.29, 0.717) is 18.1 Å². The number of aliphatic hydroxyl groups excluding tert-OH is 1. The third-order valence-corrected chi connectivity index (χ3v) is 1.85. The van der Waals surface area contributed by atoms with Gasteiger partial charge in [-0.3, -0.25) is 0 Å². The van der Waals surface area contributed by atoms with Crippen LogP contribution in [0.1, 0.15) is 13.3 Å². The summed E-state index contributed by atoms with van der Waals surface area (Å²) in [6.07, 6.45) is -0.0405. The van der Waals surface area contributed by atoms with Crippen LogP contribution < -0.4 is 0 Å². The van der Waals surface area contributed by atoms with Crippen LogP contribution in [-0.2, 0) is 15.9 Å². The Kier molecular flexibility index (Phi) is 3.91. The van der Waals surface area contributed by atoms with Crippen molar-refractivity contribution in [2.45, 2.75) is 24.7 Å². The fourth-order valence-electron chi connectivity index (χ4n) is 0.404. The van der Waals surface area contributed by atoms with Gasteiger partial charge in [0.2, 0.25) is 0 Å². The van der Waals surface area contributed by atoms with E-state index in [1.807, 2.05) is 6.92 Å². The molecule has 3 heteroatoms. The van der Waals surface area contributed by atoms with Gasteiger partial charge in [0.05, 0.1) is 0 Å². The summed E-state index contributed by atoms with van der Waals surface area (Å²) < 4.78 is 10.0. The van der Waals surface area contributed by atoms with Gasteiger partial charge in [-0.1, -0.05) is 6.92 Å².